The topological polar surface area (TPSA) is 17.1 Å². The Balaban J connectivity index is 3.70. The van der Waals surface area contributed by atoms with Crippen molar-refractivity contribution in [3.63, 3.8) is 0 Å². The molecular formula is C9H3ClF6O. The van der Waals surface area contributed by atoms with Crippen LogP contribution in [-0.2, 0) is 12.4 Å². The van der Waals surface area contributed by atoms with Crippen LogP contribution in [0, 0.1) is 0 Å². The first-order valence-electron chi connectivity index (χ1n) is 4.01. The molecule has 0 bridgehead atoms. The van der Waals surface area contributed by atoms with Crippen LogP contribution in [0.15, 0.2) is 12.1 Å². The van der Waals surface area contributed by atoms with Crippen molar-refractivity contribution in [3.05, 3.63) is 33.8 Å². The van der Waals surface area contributed by atoms with Crippen molar-refractivity contribution in [1.82, 2.24) is 0 Å². The molecule has 0 aliphatic carbocycles. The third kappa shape index (κ3) is 2.71. The molecule has 0 heterocycles. The molecule has 0 aliphatic heterocycles. The zero-order valence-electron chi connectivity index (χ0n) is 7.79. The fourth-order valence-electron chi connectivity index (χ4n) is 1.25. The van der Waals surface area contributed by atoms with Crippen LogP contribution >= 0.6 is 11.6 Å². The summed E-state index contributed by atoms with van der Waals surface area (Å²) in [6, 6.07) is 0.793. The highest BCUT2D eigenvalue weighted by Crippen LogP contribution is 2.43. The van der Waals surface area contributed by atoms with Crippen LogP contribution in [0.5, 0.6) is 0 Å². The molecule has 0 spiro atoms. The first-order valence-corrected chi connectivity index (χ1v) is 4.39. The highest BCUT2D eigenvalue weighted by molar-refractivity contribution is 6.33. The Bertz CT molecular complexity index is 448. The summed E-state index contributed by atoms with van der Waals surface area (Å²) in [4.78, 5) is 10.4. The molecule has 1 aromatic carbocycles. The maximum Gasteiger partial charge on any atom is 0.417 e. The lowest BCUT2D eigenvalue weighted by Gasteiger charge is -2.17. The van der Waals surface area contributed by atoms with Crippen LogP contribution in [0.25, 0.3) is 0 Å². The highest BCUT2D eigenvalue weighted by Gasteiger charge is 2.45. The number of halogens is 7. The molecule has 0 saturated carbocycles. The Labute approximate surface area is 96.0 Å². The van der Waals surface area contributed by atoms with Crippen LogP contribution in [-0.4, -0.2) is 6.29 Å². The van der Waals surface area contributed by atoms with E-state index < -0.39 is 34.1 Å². The number of benzene rings is 1. The number of carbonyl (C=O) groups is 1. The monoisotopic (exact) mass is 276 g/mol. The number of rotatable bonds is 1. The molecular weight excluding hydrogens is 274 g/mol. The lowest BCUT2D eigenvalue weighted by atomic mass is 10.0. The summed E-state index contributed by atoms with van der Waals surface area (Å²) in [7, 11) is 0. The SMILES string of the molecule is O=Cc1c(Cl)ccc(C(F)(F)F)c1C(F)(F)F. The molecule has 17 heavy (non-hydrogen) atoms. The molecule has 94 valence electrons. The number of aldehydes is 1. The summed E-state index contributed by atoms with van der Waals surface area (Å²) in [5, 5.41) is -0.680. The van der Waals surface area contributed by atoms with Gasteiger partial charge < -0.3 is 0 Å². The standard InChI is InChI=1S/C9H3ClF6O/c10-6-2-1-5(8(11,12)13)7(4(6)3-17)9(14,15)16/h1-3H. The minimum absolute atomic E-state index is 0.193. The lowest BCUT2D eigenvalue weighted by Crippen LogP contribution is -2.19. The van der Waals surface area contributed by atoms with Crippen molar-refractivity contribution in [2.45, 2.75) is 12.4 Å². The number of alkyl halides is 6. The third-order valence-corrected chi connectivity index (χ3v) is 2.23. The van der Waals surface area contributed by atoms with Gasteiger partial charge in [0.05, 0.1) is 16.1 Å². The predicted molar refractivity (Wildman–Crippen MR) is 46.8 cm³/mol. The number of carbonyl (C=O) groups excluding carboxylic acids is 1. The Morgan fingerprint density at radius 1 is 1.00 bits per heavy atom. The summed E-state index contributed by atoms with van der Waals surface area (Å²) >= 11 is 5.26. The molecule has 0 N–H and O–H groups in total. The molecule has 0 saturated heterocycles. The predicted octanol–water partition coefficient (Wildman–Crippen LogP) is 4.19. The maximum atomic E-state index is 12.5. The smallest absolute Gasteiger partial charge is 0.298 e. The van der Waals surface area contributed by atoms with E-state index in [0.717, 1.165) is 0 Å². The zero-order valence-corrected chi connectivity index (χ0v) is 8.54. The Kier molecular flexibility index (Phi) is 3.42. The van der Waals surface area contributed by atoms with Gasteiger partial charge in [0.25, 0.3) is 0 Å². The van der Waals surface area contributed by atoms with E-state index in [0.29, 0.717) is 6.07 Å². The van der Waals surface area contributed by atoms with Gasteiger partial charge in [0.1, 0.15) is 0 Å². The first-order chi connectivity index (χ1) is 7.59. The number of hydrogen-bond acceptors (Lipinski definition) is 1. The van der Waals surface area contributed by atoms with Crippen LogP contribution in [0.4, 0.5) is 26.3 Å². The molecule has 1 aromatic rings. The van der Waals surface area contributed by atoms with Gasteiger partial charge in [-0.3, -0.25) is 4.79 Å². The second kappa shape index (κ2) is 4.21. The van der Waals surface area contributed by atoms with Gasteiger partial charge in [-0.05, 0) is 12.1 Å². The average molecular weight is 277 g/mol. The summed E-state index contributed by atoms with van der Waals surface area (Å²) < 4.78 is 74.6. The normalized spacial score (nSPS) is 12.6. The maximum absolute atomic E-state index is 12.5. The van der Waals surface area contributed by atoms with Crippen molar-refractivity contribution in [2.24, 2.45) is 0 Å². The third-order valence-electron chi connectivity index (χ3n) is 1.90. The molecule has 0 aromatic heterocycles. The Hall–Kier alpha value is -1.24. The van der Waals surface area contributed by atoms with E-state index in [2.05, 4.69) is 0 Å². The summed E-state index contributed by atoms with van der Waals surface area (Å²) in [6.45, 7) is 0. The van der Waals surface area contributed by atoms with E-state index >= 15 is 0 Å². The van der Waals surface area contributed by atoms with Gasteiger partial charge in [-0.25, -0.2) is 0 Å². The Morgan fingerprint density at radius 2 is 1.53 bits per heavy atom. The van der Waals surface area contributed by atoms with Crippen LogP contribution in [0.3, 0.4) is 0 Å². The molecule has 0 radical (unpaired) electrons. The summed E-state index contributed by atoms with van der Waals surface area (Å²) in [5.74, 6) is 0. The molecule has 0 amide bonds. The van der Waals surface area contributed by atoms with E-state index in [1.807, 2.05) is 0 Å². The van der Waals surface area contributed by atoms with Gasteiger partial charge in [-0.2, -0.15) is 26.3 Å². The lowest BCUT2D eigenvalue weighted by molar-refractivity contribution is -0.162. The van der Waals surface area contributed by atoms with Crippen molar-refractivity contribution in [1.29, 1.82) is 0 Å². The van der Waals surface area contributed by atoms with E-state index in [1.165, 1.54) is 0 Å². The molecule has 0 fully saturated rings. The molecule has 0 unspecified atom stereocenters. The minimum Gasteiger partial charge on any atom is -0.298 e. The van der Waals surface area contributed by atoms with Crippen LogP contribution in [0.1, 0.15) is 21.5 Å². The van der Waals surface area contributed by atoms with E-state index in [-0.39, 0.29) is 12.4 Å². The van der Waals surface area contributed by atoms with Gasteiger partial charge in [0.2, 0.25) is 0 Å². The minimum atomic E-state index is -5.31. The van der Waals surface area contributed by atoms with Gasteiger partial charge in [0, 0.05) is 5.56 Å². The first kappa shape index (κ1) is 13.8. The van der Waals surface area contributed by atoms with Gasteiger partial charge in [-0.15, -0.1) is 0 Å². The molecule has 1 nitrogen and oxygen atoms in total. The van der Waals surface area contributed by atoms with Crippen molar-refractivity contribution in [2.75, 3.05) is 0 Å². The molecule has 0 atom stereocenters. The molecule has 1 rings (SSSR count). The Morgan fingerprint density at radius 3 is 1.88 bits per heavy atom. The fourth-order valence-corrected chi connectivity index (χ4v) is 1.45. The van der Waals surface area contributed by atoms with Crippen molar-refractivity contribution in [3.8, 4) is 0 Å². The van der Waals surface area contributed by atoms with Crippen LogP contribution in [0.2, 0.25) is 5.02 Å². The zero-order chi connectivity index (χ0) is 13.4. The van der Waals surface area contributed by atoms with Gasteiger partial charge >= 0.3 is 12.4 Å². The summed E-state index contributed by atoms with van der Waals surface area (Å²) in [6.07, 6.45) is -10.9. The highest BCUT2D eigenvalue weighted by atomic mass is 35.5. The van der Waals surface area contributed by atoms with Gasteiger partial charge in [-0.1, -0.05) is 11.6 Å². The van der Waals surface area contributed by atoms with Crippen LogP contribution < -0.4 is 0 Å². The van der Waals surface area contributed by atoms with E-state index in [1.54, 1.807) is 0 Å². The van der Waals surface area contributed by atoms with Crippen molar-refractivity contribution >= 4 is 17.9 Å². The second-order valence-electron chi connectivity index (χ2n) is 3.00. The fraction of sp³-hybridized carbons (Fsp3) is 0.222. The summed E-state index contributed by atoms with van der Waals surface area (Å²) in [5.41, 5.74) is -5.21. The van der Waals surface area contributed by atoms with E-state index in [4.69, 9.17) is 11.6 Å². The second-order valence-corrected chi connectivity index (χ2v) is 3.40. The van der Waals surface area contributed by atoms with Gasteiger partial charge in [0.15, 0.2) is 6.29 Å². The molecule has 8 heteroatoms. The quantitative estimate of drug-likeness (QED) is 0.555. The average Bonchev–Trinajstić information content (AvgIpc) is 2.13. The molecule has 0 aliphatic rings. The largest absolute Gasteiger partial charge is 0.417 e. The van der Waals surface area contributed by atoms with E-state index in [9.17, 15) is 31.1 Å². The van der Waals surface area contributed by atoms with Crippen molar-refractivity contribution < 1.29 is 31.1 Å². The number of hydrogen-bond donors (Lipinski definition) is 0.